The van der Waals surface area contributed by atoms with E-state index in [0.717, 1.165) is 24.2 Å². The van der Waals surface area contributed by atoms with Crippen molar-refractivity contribution < 1.29 is 17.9 Å². The molecule has 0 unspecified atom stereocenters. The van der Waals surface area contributed by atoms with E-state index in [4.69, 9.17) is 0 Å². The van der Waals surface area contributed by atoms with E-state index in [0.29, 0.717) is 11.3 Å². The number of hydrogen-bond donors (Lipinski definition) is 1. The van der Waals surface area contributed by atoms with Crippen molar-refractivity contribution in [3.8, 4) is 0 Å². The Kier molecular flexibility index (Phi) is 5.01. The highest BCUT2D eigenvalue weighted by molar-refractivity contribution is 7.89. The summed E-state index contributed by atoms with van der Waals surface area (Å²) in [4.78, 5) is 15.6. The van der Waals surface area contributed by atoms with Gasteiger partial charge in [0.15, 0.2) is 0 Å². The fraction of sp³-hybridized carbons (Fsp3) is 0.700. The number of carbonyl (C=O) groups is 1. The van der Waals surface area contributed by atoms with Gasteiger partial charge in [0.05, 0.1) is 30.7 Å². The maximum atomic E-state index is 12.5. The van der Waals surface area contributed by atoms with Crippen LogP contribution >= 0.6 is 0 Å². The van der Waals surface area contributed by atoms with Crippen molar-refractivity contribution in [2.24, 2.45) is 23.2 Å². The van der Waals surface area contributed by atoms with Crippen molar-refractivity contribution in [1.29, 1.82) is 0 Å². The van der Waals surface area contributed by atoms with Gasteiger partial charge in [-0.05, 0) is 80.2 Å². The molecule has 1 aromatic rings. The van der Waals surface area contributed by atoms with Gasteiger partial charge < -0.3 is 4.74 Å². The molecule has 1 aromatic heterocycles. The predicted molar refractivity (Wildman–Crippen MR) is 101 cm³/mol. The Hall–Kier alpha value is -1.47. The van der Waals surface area contributed by atoms with E-state index in [-0.39, 0.29) is 17.7 Å². The van der Waals surface area contributed by atoms with Gasteiger partial charge in [-0.2, -0.15) is 0 Å². The zero-order valence-electron chi connectivity index (χ0n) is 15.8. The summed E-state index contributed by atoms with van der Waals surface area (Å²) >= 11 is 0. The van der Waals surface area contributed by atoms with Crippen LogP contribution < -0.4 is 4.72 Å². The Bertz CT molecular complexity index is 768. The smallest absolute Gasteiger partial charge is 0.339 e. The van der Waals surface area contributed by atoms with E-state index >= 15 is 0 Å². The summed E-state index contributed by atoms with van der Waals surface area (Å²) in [5.74, 6) is 2.25. The molecule has 5 rings (SSSR count). The molecular weight excluding hydrogens is 364 g/mol. The molecule has 148 valence electrons. The minimum absolute atomic E-state index is 0.144. The van der Waals surface area contributed by atoms with Crippen LogP contribution in [0.4, 0.5) is 0 Å². The van der Waals surface area contributed by atoms with Crippen LogP contribution in [-0.4, -0.2) is 32.2 Å². The monoisotopic (exact) mass is 392 g/mol. The molecule has 4 bridgehead atoms. The lowest BCUT2D eigenvalue weighted by Gasteiger charge is -2.57. The van der Waals surface area contributed by atoms with Crippen LogP contribution in [-0.2, 0) is 21.3 Å². The number of pyridine rings is 1. The molecule has 0 aliphatic heterocycles. The third-order valence-corrected chi connectivity index (χ3v) is 8.11. The molecule has 1 heterocycles. The molecule has 4 aliphatic rings. The number of esters is 1. The maximum absolute atomic E-state index is 12.5. The third-order valence-electron chi connectivity index (χ3n) is 6.79. The first-order chi connectivity index (χ1) is 12.9. The minimum Gasteiger partial charge on any atom is -0.465 e. The standard InChI is InChI=1S/C20H28N2O4S/c1-26-19(23)17-2-3-18(21-12-17)13-22-27(24,25)5-4-20-9-14-6-15(10-20)8-16(7-14)11-20/h2-3,12,14-16,22H,4-11,13H2,1H3. The summed E-state index contributed by atoms with van der Waals surface area (Å²) in [5.41, 5.74) is 1.20. The normalized spacial score (nSPS) is 31.8. The first-order valence-electron chi connectivity index (χ1n) is 9.87. The number of hydrogen-bond acceptors (Lipinski definition) is 5. The van der Waals surface area contributed by atoms with Gasteiger partial charge >= 0.3 is 5.97 Å². The second-order valence-electron chi connectivity index (χ2n) is 8.84. The van der Waals surface area contributed by atoms with Crippen LogP contribution in [0.15, 0.2) is 18.3 Å². The number of nitrogens with one attached hydrogen (secondary N) is 1. The molecule has 6 nitrogen and oxygen atoms in total. The average Bonchev–Trinajstić information content (AvgIpc) is 2.64. The van der Waals surface area contributed by atoms with Crippen molar-refractivity contribution in [3.63, 3.8) is 0 Å². The third kappa shape index (κ3) is 4.19. The zero-order chi connectivity index (χ0) is 19.1. The van der Waals surface area contributed by atoms with Gasteiger partial charge in [0.25, 0.3) is 0 Å². The Balaban J connectivity index is 1.31. The molecule has 0 saturated heterocycles. The summed E-state index contributed by atoms with van der Waals surface area (Å²) in [6, 6.07) is 3.24. The van der Waals surface area contributed by atoms with Crippen molar-refractivity contribution in [1.82, 2.24) is 9.71 Å². The highest BCUT2D eigenvalue weighted by atomic mass is 32.2. The van der Waals surface area contributed by atoms with Crippen molar-refractivity contribution in [2.45, 2.75) is 51.5 Å². The van der Waals surface area contributed by atoms with Gasteiger partial charge in [0, 0.05) is 6.20 Å². The van der Waals surface area contributed by atoms with E-state index in [1.165, 1.54) is 51.8 Å². The van der Waals surface area contributed by atoms with Crippen LogP contribution in [0.2, 0.25) is 0 Å². The number of nitrogens with zero attached hydrogens (tertiary/aromatic N) is 1. The SMILES string of the molecule is COC(=O)c1ccc(CNS(=O)(=O)CCC23CC4CC(CC(C4)C2)C3)nc1. The maximum Gasteiger partial charge on any atom is 0.339 e. The number of rotatable bonds is 7. The van der Waals surface area contributed by atoms with E-state index in [1.54, 1.807) is 12.1 Å². The number of aromatic nitrogens is 1. The zero-order valence-corrected chi connectivity index (χ0v) is 16.6. The average molecular weight is 393 g/mol. The van der Waals surface area contributed by atoms with Crippen molar-refractivity contribution in [3.05, 3.63) is 29.6 Å². The fourth-order valence-electron chi connectivity index (χ4n) is 5.97. The molecule has 0 aromatic carbocycles. The van der Waals surface area contributed by atoms with Gasteiger partial charge in [0.1, 0.15) is 0 Å². The van der Waals surface area contributed by atoms with E-state index in [1.807, 2.05) is 0 Å². The molecule has 0 atom stereocenters. The topological polar surface area (TPSA) is 85.4 Å². The molecule has 4 fully saturated rings. The Morgan fingerprint density at radius 1 is 1.19 bits per heavy atom. The summed E-state index contributed by atoms with van der Waals surface area (Å²) in [6.45, 7) is 0.144. The minimum atomic E-state index is -3.34. The van der Waals surface area contributed by atoms with Crippen LogP contribution in [0.1, 0.15) is 61.0 Å². The quantitative estimate of drug-likeness (QED) is 0.721. The van der Waals surface area contributed by atoms with Crippen LogP contribution in [0.25, 0.3) is 0 Å². The van der Waals surface area contributed by atoms with Crippen LogP contribution in [0.5, 0.6) is 0 Å². The molecule has 0 spiro atoms. The number of sulfonamides is 1. The fourth-order valence-corrected chi connectivity index (χ4v) is 7.18. The Morgan fingerprint density at radius 3 is 2.33 bits per heavy atom. The summed E-state index contributed by atoms with van der Waals surface area (Å²) in [5, 5.41) is 0. The second kappa shape index (κ2) is 7.17. The number of ether oxygens (including phenoxy) is 1. The summed E-state index contributed by atoms with van der Waals surface area (Å²) in [7, 11) is -2.02. The van der Waals surface area contributed by atoms with Gasteiger partial charge in [-0.25, -0.2) is 17.9 Å². The van der Waals surface area contributed by atoms with Crippen LogP contribution in [0.3, 0.4) is 0 Å². The van der Waals surface area contributed by atoms with Gasteiger partial charge in [0.2, 0.25) is 10.0 Å². The molecule has 0 amide bonds. The summed E-state index contributed by atoms with van der Waals surface area (Å²) in [6.07, 6.45) is 9.99. The van der Waals surface area contributed by atoms with Crippen molar-refractivity contribution in [2.75, 3.05) is 12.9 Å². The van der Waals surface area contributed by atoms with E-state index < -0.39 is 16.0 Å². The molecule has 0 radical (unpaired) electrons. The van der Waals surface area contributed by atoms with Crippen LogP contribution in [0, 0.1) is 23.2 Å². The first-order valence-corrected chi connectivity index (χ1v) is 11.5. The first kappa shape index (κ1) is 18.9. The van der Waals surface area contributed by atoms with E-state index in [9.17, 15) is 13.2 Å². The number of methoxy groups -OCH3 is 1. The van der Waals surface area contributed by atoms with Crippen molar-refractivity contribution >= 4 is 16.0 Å². The Morgan fingerprint density at radius 2 is 1.81 bits per heavy atom. The highest BCUT2D eigenvalue weighted by Crippen LogP contribution is 2.61. The van der Waals surface area contributed by atoms with Gasteiger partial charge in [-0.3, -0.25) is 4.98 Å². The molecule has 7 heteroatoms. The molecule has 1 N–H and O–H groups in total. The molecule has 4 aliphatic carbocycles. The molecular formula is C20H28N2O4S. The summed E-state index contributed by atoms with van der Waals surface area (Å²) < 4.78 is 32.3. The predicted octanol–water partition coefficient (Wildman–Crippen LogP) is 2.89. The lowest BCUT2D eigenvalue weighted by atomic mass is 9.49. The number of carbonyl (C=O) groups excluding carboxylic acids is 1. The Labute approximate surface area is 161 Å². The molecule has 4 saturated carbocycles. The lowest BCUT2D eigenvalue weighted by molar-refractivity contribution is -0.0540. The highest BCUT2D eigenvalue weighted by Gasteiger charge is 2.50. The molecule has 27 heavy (non-hydrogen) atoms. The lowest BCUT2D eigenvalue weighted by Crippen LogP contribution is -2.47. The second-order valence-corrected chi connectivity index (χ2v) is 10.8. The van der Waals surface area contributed by atoms with Gasteiger partial charge in [-0.1, -0.05) is 0 Å². The largest absolute Gasteiger partial charge is 0.465 e. The van der Waals surface area contributed by atoms with Gasteiger partial charge in [-0.15, -0.1) is 0 Å². The van der Waals surface area contributed by atoms with E-state index in [2.05, 4.69) is 14.4 Å².